The fourth-order valence-electron chi connectivity index (χ4n) is 1.95. The summed E-state index contributed by atoms with van der Waals surface area (Å²) < 4.78 is 0. The molecule has 0 bridgehead atoms. The quantitative estimate of drug-likeness (QED) is 0.394. The molecule has 0 aromatic heterocycles. The molecule has 0 atom stereocenters. The van der Waals surface area contributed by atoms with Gasteiger partial charge in [-0.05, 0) is 51.1 Å². The van der Waals surface area contributed by atoms with Crippen LogP contribution in [0.15, 0.2) is 0 Å². The summed E-state index contributed by atoms with van der Waals surface area (Å²) in [6.45, 7) is 8.47. The molecule has 0 aliphatic rings. The minimum Gasteiger partial charge on any atom is -0.303 e. The first kappa shape index (κ1) is 16.3. The second kappa shape index (κ2) is 13.4. The maximum absolute atomic E-state index is 4.28. The normalized spacial score (nSPS) is 11.2. The van der Waals surface area contributed by atoms with E-state index in [0.29, 0.717) is 0 Å². The van der Waals surface area contributed by atoms with E-state index in [0.717, 1.165) is 5.75 Å². The van der Waals surface area contributed by atoms with Crippen molar-refractivity contribution in [3.05, 3.63) is 0 Å². The van der Waals surface area contributed by atoms with Crippen molar-refractivity contribution >= 4 is 12.6 Å². The minimum atomic E-state index is 1.04. The van der Waals surface area contributed by atoms with Crippen molar-refractivity contribution < 1.29 is 0 Å². The molecular formula is C14H31NS. The van der Waals surface area contributed by atoms with E-state index in [-0.39, 0.29) is 0 Å². The minimum absolute atomic E-state index is 1.04. The summed E-state index contributed by atoms with van der Waals surface area (Å²) in [5.74, 6) is 1.04. The van der Waals surface area contributed by atoms with E-state index in [1.165, 1.54) is 71.0 Å². The average Bonchev–Trinajstić information content (AvgIpc) is 2.29. The van der Waals surface area contributed by atoms with Gasteiger partial charge in [-0.25, -0.2) is 0 Å². The molecule has 98 valence electrons. The summed E-state index contributed by atoms with van der Waals surface area (Å²) in [5, 5.41) is 0. The van der Waals surface area contributed by atoms with Crippen LogP contribution in [0.5, 0.6) is 0 Å². The molecule has 2 heteroatoms. The predicted molar refractivity (Wildman–Crippen MR) is 78.6 cm³/mol. The second-order valence-corrected chi connectivity index (χ2v) is 5.13. The molecule has 0 unspecified atom stereocenters. The van der Waals surface area contributed by atoms with Crippen LogP contribution in [-0.4, -0.2) is 30.3 Å². The zero-order valence-corrected chi connectivity index (χ0v) is 12.3. The van der Waals surface area contributed by atoms with Gasteiger partial charge in [0, 0.05) is 0 Å². The van der Waals surface area contributed by atoms with Crippen molar-refractivity contribution in [1.82, 2.24) is 4.90 Å². The van der Waals surface area contributed by atoms with Crippen molar-refractivity contribution in [3.8, 4) is 0 Å². The molecular weight excluding hydrogens is 214 g/mol. The molecule has 0 amide bonds. The Labute approximate surface area is 108 Å². The van der Waals surface area contributed by atoms with Gasteiger partial charge in [0.25, 0.3) is 0 Å². The van der Waals surface area contributed by atoms with Gasteiger partial charge in [-0.1, -0.05) is 39.5 Å². The van der Waals surface area contributed by atoms with Crippen molar-refractivity contribution in [2.75, 3.05) is 25.4 Å². The summed E-state index contributed by atoms with van der Waals surface area (Å²) >= 11 is 4.28. The molecule has 0 aliphatic carbocycles. The lowest BCUT2D eigenvalue weighted by atomic mass is 10.2. The van der Waals surface area contributed by atoms with Crippen LogP contribution in [0.2, 0.25) is 0 Å². The SMILES string of the molecule is CCCCCN(CCCCC)CCCCS. The highest BCUT2D eigenvalue weighted by molar-refractivity contribution is 7.80. The maximum atomic E-state index is 4.28. The first-order valence-electron chi connectivity index (χ1n) is 7.18. The van der Waals surface area contributed by atoms with Crippen molar-refractivity contribution in [3.63, 3.8) is 0 Å². The molecule has 0 aromatic carbocycles. The molecule has 0 heterocycles. The smallest absolute Gasteiger partial charge is 0.00184 e. The van der Waals surface area contributed by atoms with Crippen molar-refractivity contribution in [2.45, 2.75) is 65.2 Å². The molecule has 0 aliphatic heterocycles. The van der Waals surface area contributed by atoms with Crippen LogP contribution in [0, 0.1) is 0 Å². The summed E-state index contributed by atoms with van der Waals surface area (Å²) in [6, 6.07) is 0. The van der Waals surface area contributed by atoms with E-state index < -0.39 is 0 Å². The zero-order chi connectivity index (χ0) is 12.1. The molecule has 0 fully saturated rings. The standard InChI is InChI=1S/C14H31NS/c1-3-5-7-11-15(12-8-6-4-2)13-9-10-14-16/h16H,3-14H2,1-2H3. The van der Waals surface area contributed by atoms with Gasteiger partial charge in [-0.2, -0.15) is 12.6 Å². The molecule has 0 spiro atoms. The number of thiol groups is 1. The Hall–Kier alpha value is 0.310. The highest BCUT2D eigenvalue weighted by Gasteiger charge is 2.03. The van der Waals surface area contributed by atoms with E-state index in [4.69, 9.17) is 0 Å². The van der Waals surface area contributed by atoms with Gasteiger partial charge in [-0.3, -0.25) is 0 Å². The highest BCUT2D eigenvalue weighted by atomic mass is 32.1. The Bertz CT molecular complexity index is 104. The summed E-state index contributed by atoms with van der Waals surface area (Å²) in [5.41, 5.74) is 0. The molecule has 0 saturated heterocycles. The monoisotopic (exact) mass is 245 g/mol. The van der Waals surface area contributed by atoms with Crippen LogP contribution in [-0.2, 0) is 0 Å². The molecule has 0 radical (unpaired) electrons. The van der Waals surface area contributed by atoms with Crippen LogP contribution in [0.3, 0.4) is 0 Å². The number of unbranched alkanes of at least 4 members (excludes halogenated alkanes) is 5. The Morgan fingerprint density at radius 1 is 0.688 bits per heavy atom. The van der Waals surface area contributed by atoms with E-state index in [1.807, 2.05) is 0 Å². The summed E-state index contributed by atoms with van der Waals surface area (Å²) in [7, 11) is 0. The van der Waals surface area contributed by atoms with Gasteiger partial charge in [-0.15, -0.1) is 0 Å². The molecule has 1 nitrogen and oxygen atoms in total. The lowest BCUT2D eigenvalue weighted by Crippen LogP contribution is -2.27. The average molecular weight is 245 g/mol. The number of hydrogen-bond acceptors (Lipinski definition) is 2. The molecule has 16 heavy (non-hydrogen) atoms. The molecule has 0 saturated carbocycles. The third-order valence-electron chi connectivity index (χ3n) is 3.04. The van der Waals surface area contributed by atoms with E-state index in [2.05, 4.69) is 31.4 Å². The van der Waals surface area contributed by atoms with Crippen LogP contribution in [0.1, 0.15) is 65.2 Å². The van der Waals surface area contributed by atoms with Crippen LogP contribution in [0.25, 0.3) is 0 Å². The Morgan fingerprint density at radius 3 is 1.50 bits per heavy atom. The predicted octanol–water partition coefficient (Wildman–Crippen LogP) is 4.38. The van der Waals surface area contributed by atoms with Gasteiger partial charge in [0.2, 0.25) is 0 Å². The molecule has 0 N–H and O–H groups in total. The van der Waals surface area contributed by atoms with Gasteiger partial charge in [0.15, 0.2) is 0 Å². The lowest BCUT2D eigenvalue weighted by molar-refractivity contribution is 0.258. The third kappa shape index (κ3) is 10.8. The zero-order valence-electron chi connectivity index (χ0n) is 11.4. The van der Waals surface area contributed by atoms with Gasteiger partial charge < -0.3 is 4.90 Å². The van der Waals surface area contributed by atoms with Crippen LogP contribution in [0.4, 0.5) is 0 Å². The fourth-order valence-corrected chi connectivity index (χ4v) is 2.18. The fraction of sp³-hybridized carbons (Fsp3) is 1.00. The van der Waals surface area contributed by atoms with E-state index in [9.17, 15) is 0 Å². The summed E-state index contributed by atoms with van der Waals surface area (Å²) in [4.78, 5) is 2.66. The van der Waals surface area contributed by atoms with Gasteiger partial charge >= 0.3 is 0 Å². The van der Waals surface area contributed by atoms with E-state index >= 15 is 0 Å². The van der Waals surface area contributed by atoms with Crippen molar-refractivity contribution in [1.29, 1.82) is 0 Å². The topological polar surface area (TPSA) is 3.24 Å². The van der Waals surface area contributed by atoms with Crippen molar-refractivity contribution in [2.24, 2.45) is 0 Å². The first-order chi connectivity index (χ1) is 7.85. The Morgan fingerprint density at radius 2 is 1.12 bits per heavy atom. The highest BCUT2D eigenvalue weighted by Crippen LogP contribution is 2.04. The largest absolute Gasteiger partial charge is 0.303 e. The van der Waals surface area contributed by atoms with Crippen LogP contribution >= 0.6 is 12.6 Å². The van der Waals surface area contributed by atoms with Crippen LogP contribution < -0.4 is 0 Å². The summed E-state index contributed by atoms with van der Waals surface area (Å²) in [6.07, 6.45) is 10.8. The number of hydrogen-bond donors (Lipinski definition) is 1. The first-order valence-corrected chi connectivity index (χ1v) is 7.81. The molecule has 0 aromatic rings. The number of rotatable bonds is 12. The van der Waals surface area contributed by atoms with Gasteiger partial charge in [0.1, 0.15) is 0 Å². The Balaban J connectivity index is 3.58. The molecule has 0 rings (SSSR count). The lowest BCUT2D eigenvalue weighted by Gasteiger charge is -2.22. The van der Waals surface area contributed by atoms with Gasteiger partial charge in [0.05, 0.1) is 0 Å². The van der Waals surface area contributed by atoms with E-state index in [1.54, 1.807) is 0 Å². The maximum Gasteiger partial charge on any atom is -0.00184 e. The third-order valence-corrected chi connectivity index (χ3v) is 3.35. The second-order valence-electron chi connectivity index (χ2n) is 4.69. The number of nitrogens with zero attached hydrogens (tertiary/aromatic N) is 1. The Kier molecular flexibility index (Phi) is 13.6.